The number of carbonyl (C=O) groups excluding carboxylic acids is 1. The molecule has 1 aromatic heterocycles. The number of nitrogens with one attached hydrogen (secondary N) is 1. The first-order chi connectivity index (χ1) is 8.20. The fraction of sp³-hybridized carbons (Fsp3) is 0.538. The quantitative estimate of drug-likeness (QED) is 0.835. The summed E-state index contributed by atoms with van der Waals surface area (Å²) in [7, 11) is 1.89. The molecule has 0 saturated carbocycles. The third-order valence-electron chi connectivity index (χ3n) is 3.41. The van der Waals surface area contributed by atoms with Gasteiger partial charge in [-0.1, -0.05) is 0 Å². The van der Waals surface area contributed by atoms with Crippen LogP contribution in [-0.2, 0) is 0 Å². The molecule has 4 heteroatoms. The van der Waals surface area contributed by atoms with E-state index in [4.69, 9.17) is 0 Å². The predicted molar refractivity (Wildman–Crippen MR) is 67.0 cm³/mol. The molecular formula is C13H19N3O. The van der Waals surface area contributed by atoms with E-state index in [1.54, 1.807) is 6.20 Å². The predicted octanol–water partition coefficient (Wildman–Crippen LogP) is 1.21. The summed E-state index contributed by atoms with van der Waals surface area (Å²) < 4.78 is 0. The van der Waals surface area contributed by atoms with E-state index in [9.17, 15) is 4.79 Å². The maximum Gasteiger partial charge on any atom is 0.255 e. The van der Waals surface area contributed by atoms with Crippen molar-refractivity contribution in [2.75, 3.05) is 20.1 Å². The molecule has 1 aliphatic heterocycles. The van der Waals surface area contributed by atoms with E-state index in [0.29, 0.717) is 11.6 Å². The van der Waals surface area contributed by atoms with Gasteiger partial charge in [-0.05, 0) is 45.0 Å². The summed E-state index contributed by atoms with van der Waals surface area (Å²) in [4.78, 5) is 18.4. The Morgan fingerprint density at radius 2 is 2.18 bits per heavy atom. The average molecular weight is 233 g/mol. The molecule has 1 aliphatic rings. The minimum atomic E-state index is 0.0856. The molecule has 0 radical (unpaired) electrons. The third kappa shape index (κ3) is 2.64. The molecule has 2 rings (SSSR count). The van der Waals surface area contributed by atoms with Crippen molar-refractivity contribution < 1.29 is 4.79 Å². The van der Waals surface area contributed by atoms with Crippen LogP contribution in [0.2, 0.25) is 0 Å². The SMILES string of the molecule is Cc1ncccc1C(=O)N(C)C1CCNCC1. The van der Waals surface area contributed by atoms with Gasteiger partial charge in [0.25, 0.3) is 5.91 Å². The van der Waals surface area contributed by atoms with Gasteiger partial charge in [0.15, 0.2) is 0 Å². The lowest BCUT2D eigenvalue weighted by molar-refractivity contribution is 0.0702. The monoisotopic (exact) mass is 233 g/mol. The molecule has 1 fully saturated rings. The van der Waals surface area contributed by atoms with Crippen molar-refractivity contribution in [1.29, 1.82) is 0 Å². The second-order valence-corrected chi connectivity index (χ2v) is 4.53. The highest BCUT2D eigenvalue weighted by Gasteiger charge is 2.23. The van der Waals surface area contributed by atoms with Gasteiger partial charge in [-0.3, -0.25) is 9.78 Å². The van der Waals surface area contributed by atoms with Crippen LogP contribution in [-0.4, -0.2) is 42.0 Å². The highest BCUT2D eigenvalue weighted by Crippen LogP contribution is 2.14. The normalized spacial score (nSPS) is 16.8. The number of amides is 1. The van der Waals surface area contributed by atoms with Gasteiger partial charge in [0.2, 0.25) is 0 Å². The second kappa shape index (κ2) is 5.27. The number of pyridine rings is 1. The zero-order valence-corrected chi connectivity index (χ0v) is 10.4. The summed E-state index contributed by atoms with van der Waals surface area (Å²) in [6, 6.07) is 4.02. The topological polar surface area (TPSA) is 45.2 Å². The van der Waals surface area contributed by atoms with E-state index in [-0.39, 0.29) is 5.91 Å². The first-order valence-corrected chi connectivity index (χ1v) is 6.09. The molecule has 0 atom stereocenters. The smallest absolute Gasteiger partial charge is 0.255 e. The second-order valence-electron chi connectivity index (χ2n) is 4.53. The van der Waals surface area contributed by atoms with Crippen molar-refractivity contribution in [2.45, 2.75) is 25.8 Å². The van der Waals surface area contributed by atoms with Crippen molar-refractivity contribution in [3.05, 3.63) is 29.6 Å². The molecule has 1 aromatic rings. The van der Waals surface area contributed by atoms with Crippen LogP contribution in [0.1, 0.15) is 28.9 Å². The molecule has 1 amide bonds. The van der Waals surface area contributed by atoms with Crippen LogP contribution in [0.3, 0.4) is 0 Å². The first-order valence-electron chi connectivity index (χ1n) is 6.09. The molecule has 17 heavy (non-hydrogen) atoms. The van der Waals surface area contributed by atoms with Crippen LogP contribution in [0.5, 0.6) is 0 Å². The zero-order valence-electron chi connectivity index (χ0n) is 10.4. The number of nitrogens with zero attached hydrogens (tertiary/aromatic N) is 2. The highest BCUT2D eigenvalue weighted by atomic mass is 16.2. The maximum atomic E-state index is 12.3. The molecule has 0 bridgehead atoms. The van der Waals surface area contributed by atoms with E-state index in [1.165, 1.54) is 0 Å². The Kier molecular flexibility index (Phi) is 3.74. The van der Waals surface area contributed by atoms with Gasteiger partial charge in [0, 0.05) is 25.0 Å². The fourth-order valence-corrected chi connectivity index (χ4v) is 2.26. The number of aryl methyl sites for hydroxylation is 1. The Bertz CT molecular complexity index is 399. The molecule has 92 valence electrons. The Morgan fingerprint density at radius 3 is 2.82 bits per heavy atom. The Balaban J connectivity index is 2.11. The largest absolute Gasteiger partial charge is 0.339 e. The standard InChI is InChI=1S/C13H19N3O/c1-10-12(4-3-7-15-10)13(17)16(2)11-5-8-14-9-6-11/h3-4,7,11,14H,5-6,8-9H2,1-2H3. The Hall–Kier alpha value is -1.42. The summed E-state index contributed by atoms with van der Waals surface area (Å²) in [5, 5.41) is 3.31. The lowest BCUT2D eigenvalue weighted by Gasteiger charge is -2.31. The fourth-order valence-electron chi connectivity index (χ4n) is 2.26. The average Bonchev–Trinajstić information content (AvgIpc) is 2.39. The van der Waals surface area contributed by atoms with Gasteiger partial charge in [-0.15, -0.1) is 0 Å². The van der Waals surface area contributed by atoms with E-state index in [1.807, 2.05) is 31.0 Å². The van der Waals surface area contributed by atoms with Crippen molar-refractivity contribution >= 4 is 5.91 Å². The maximum absolute atomic E-state index is 12.3. The van der Waals surface area contributed by atoms with E-state index in [2.05, 4.69) is 10.3 Å². The lowest BCUT2D eigenvalue weighted by atomic mass is 10.0. The number of piperidine rings is 1. The summed E-state index contributed by atoms with van der Waals surface area (Å²) in [6.45, 7) is 3.87. The third-order valence-corrected chi connectivity index (χ3v) is 3.41. The summed E-state index contributed by atoms with van der Waals surface area (Å²) >= 11 is 0. The summed E-state index contributed by atoms with van der Waals surface area (Å²) in [5.41, 5.74) is 1.52. The van der Waals surface area contributed by atoms with Crippen LogP contribution < -0.4 is 5.32 Å². The number of hydrogen-bond donors (Lipinski definition) is 1. The van der Waals surface area contributed by atoms with Crippen LogP contribution in [0.15, 0.2) is 18.3 Å². The van der Waals surface area contributed by atoms with Crippen molar-refractivity contribution in [3.8, 4) is 0 Å². The molecule has 0 spiro atoms. The van der Waals surface area contributed by atoms with Crippen LogP contribution in [0.25, 0.3) is 0 Å². The highest BCUT2D eigenvalue weighted by molar-refractivity contribution is 5.95. The van der Waals surface area contributed by atoms with E-state index in [0.717, 1.165) is 31.6 Å². The lowest BCUT2D eigenvalue weighted by Crippen LogP contribution is -2.44. The molecule has 0 aliphatic carbocycles. The van der Waals surface area contributed by atoms with Crippen molar-refractivity contribution in [1.82, 2.24) is 15.2 Å². The number of carbonyl (C=O) groups is 1. The van der Waals surface area contributed by atoms with Crippen LogP contribution in [0, 0.1) is 6.92 Å². The Labute approximate surface area is 102 Å². The first kappa shape index (κ1) is 12.0. The van der Waals surface area contributed by atoms with Gasteiger partial charge in [0.05, 0.1) is 5.56 Å². The number of rotatable bonds is 2. The Morgan fingerprint density at radius 1 is 1.47 bits per heavy atom. The van der Waals surface area contributed by atoms with Crippen LogP contribution in [0.4, 0.5) is 0 Å². The molecule has 0 aromatic carbocycles. The molecule has 2 heterocycles. The van der Waals surface area contributed by atoms with Gasteiger partial charge < -0.3 is 10.2 Å². The molecule has 1 N–H and O–H groups in total. The van der Waals surface area contributed by atoms with Gasteiger partial charge in [-0.2, -0.15) is 0 Å². The van der Waals surface area contributed by atoms with Crippen LogP contribution >= 0.6 is 0 Å². The molecule has 0 unspecified atom stereocenters. The van der Waals surface area contributed by atoms with E-state index >= 15 is 0 Å². The zero-order chi connectivity index (χ0) is 12.3. The van der Waals surface area contributed by atoms with Gasteiger partial charge in [-0.25, -0.2) is 0 Å². The van der Waals surface area contributed by atoms with E-state index < -0.39 is 0 Å². The minimum absolute atomic E-state index is 0.0856. The molecule has 4 nitrogen and oxygen atoms in total. The number of hydrogen-bond acceptors (Lipinski definition) is 3. The van der Waals surface area contributed by atoms with Gasteiger partial charge in [0.1, 0.15) is 0 Å². The molecule has 1 saturated heterocycles. The van der Waals surface area contributed by atoms with Crippen molar-refractivity contribution in [3.63, 3.8) is 0 Å². The summed E-state index contributed by atoms with van der Waals surface area (Å²) in [5.74, 6) is 0.0856. The van der Waals surface area contributed by atoms with Crippen molar-refractivity contribution in [2.24, 2.45) is 0 Å². The summed E-state index contributed by atoms with van der Waals surface area (Å²) in [6.07, 6.45) is 3.78. The van der Waals surface area contributed by atoms with Gasteiger partial charge >= 0.3 is 0 Å². The number of aromatic nitrogens is 1. The molecular weight excluding hydrogens is 214 g/mol. The minimum Gasteiger partial charge on any atom is -0.339 e.